The van der Waals surface area contributed by atoms with E-state index in [4.69, 9.17) is 9.47 Å². The van der Waals surface area contributed by atoms with Gasteiger partial charge in [0, 0.05) is 13.2 Å². The Balaban J connectivity index is 2.75. The number of imide groups is 1. The van der Waals surface area contributed by atoms with Crippen molar-refractivity contribution in [1.29, 1.82) is 0 Å². The van der Waals surface area contributed by atoms with Crippen LogP contribution in [0.4, 0.5) is 4.79 Å². The monoisotopic (exact) mass is 286 g/mol. The molecule has 1 rings (SSSR count). The van der Waals surface area contributed by atoms with Gasteiger partial charge < -0.3 is 14.8 Å². The van der Waals surface area contributed by atoms with Crippen LogP contribution in [0, 0.1) is 5.92 Å². The van der Waals surface area contributed by atoms with Gasteiger partial charge in [-0.1, -0.05) is 13.8 Å². The van der Waals surface area contributed by atoms with Gasteiger partial charge in [0.2, 0.25) is 0 Å². The molecule has 1 aliphatic heterocycles. The van der Waals surface area contributed by atoms with Crippen molar-refractivity contribution in [3.05, 3.63) is 0 Å². The SMILES string of the molecule is CCOC(CN1C(=O)NC(C)(CC(C)C)C1=O)OCC. The van der Waals surface area contributed by atoms with Gasteiger partial charge in [-0.25, -0.2) is 4.79 Å². The van der Waals surface area contributed by atoms with Gasteiger partial charge in [0.25, 0.3) is 5.91 Å². The van der Waals surface area contributed by atoms with Crippen LogP contribution in [0.3, 0.4) is 0 Å². The topological polar surface area (TPSA) is 67.9 Å². The number of rotatable bonds is 8. The molecule has 0 saturated carbocycles. The Hall–Kier alpha value is -1.14. The zero-order chi connectivity index (χ0) is 15.3. The third-order valence-electron chi connectivity index (χ3n) is 3.20. The molecule has 1 saturated heterocycles. The first-order chi connectivity index (χ1) is 9.34. The second-order valence-corrected chi connectivity index (χ2v) is 5.62. The quantitative estimate of drug-likeness (QED) is 0.545. The average Bonchev–Trinajstić information content (AvgIpc) is 2.52. The standard InChI is InChI=1S/C14H26N2O4/c1-6-19-11(20-7-2)9-16-12(17)14(5,8-10(3)4)15-13(16)18/h10-11H,6-9H2,1-5H3,(H,15,18). The van der Waals surface area contributed by atoms with Crippen LogP contribution in [0.25, 0.3) is 0 Å². The zero-order valence-corrected chi connectivity index (χ0v) is 13.1. The Bertz CT molecular complexity index is 353. The molecule has 116 valence electrons. The van der Waals surface area contributed by atoms with Crippen LogP contribution in [0.5, 0.6) is 0 Å². The minimum Gasteiger partial charge on any atom is -0.351 e. The van der Waals surface area contributed by atoms with E-state index in [0.717, 1.165) is 0 Å². The number of nitrogens with one attached hydrogen (secondary N) is 1. The number of ether oxygens (including phenoxy) is 2. The summed E-state index contributed by atoms with van der Waals surface area (Å²) in [7, 11) is 0. The van der Waals surface area contributed by atoms with Gasteiger partial charge in [-0.2, -0.15) is 0 Å². The van der Waals surface area contributed by atoms with Crippen molar-refractivity contribution in [3.63, 3.8) is 0 Å². The van der Waals surface area contributed by atoms with Crippen molar-refractivity contribution in [2.24, 2.45) is 5.92 Å². The minimum absolute atomic E-state index is 0.125. The summed E-state index contributed by atoms with van der Waals surface area (Å²) in [6.07, 6.45) is 0.0447. The number of hydrogen-bond acceptors (Lipinski definition) is 4. The normalized spacial score (nSPS) is 23.1. The molecule has 0 aromatic heterocycles. The van der Waals surface area contributed by atoms with E-state index in [1.165, 1.54) is 4.90 Å². The van der Waals surface area contributed by atoms with Gasteiger partial charge in [0.15, 0.2) is 6.29 Å². The van der Waals surface area contributed by atoms with Gasteiger partial charge in [-0.3, -0.25) is 9.69 Å². The second-order valence-electron chi connectivity index (χ2n) is 5.62. The molecule has 0 radical (unpaired) electrons. The molecule has 0 aromatic carbocycles. The molecule has 6 heteroatoms. The fourth-order valence-corrected chi connectivity index (χ4v) is 2.54. The van der Waals surface area contributed by atoms with Gasteiger partial charge in [0.1, 0.15) is 5.54 Å². The summed E-state index contributed by atoms with van der Waals surface area (Å²) in [6, 6.07) is -0.373. The maximum absolute atomic E-state index is 12.4. The van der Waals surface area contributed by atoms with Crippen LogP contribution in [0.2, 0.25) is 0 Å². The molecule has 1 unspecified atom stereocenters. The van der Waals surface area contributed by atoms with Crippen LogP contribution in [-0.4, -0.2) is 48.4 Å². The summed E-state index contributed by atoms with van der Waals surface area (Å²) in [4.78, 5) is 25.7. The van der Waals surface area contributed by atoms with Crippen molar-refractivity contribution >= 4 is 11.9 Å². The van der Waals surface area contributed by atoms with Crippen LogP contribution in [-0.2, 0) is 14.3 Å². The van der Waals surface area contributed by atoms with Crippen molar-refractivity contribution in [2.45, 2.75) is 52.9 Å². The van der Waals surface area contributed by atoms with Gasteiger partial charge in [-0.05, 0) is 33.1 Å². The van der Waals surface area contributed by atoms with Crippen molar-refractivity contribution < 1.29 is 19.1 Å². The Kier molecular flexibility index (Phi) is 5.95. The largest absolute Gasteiger partial charge is 0.351 e. The molecule has 1 atom stereocenters. The molecule has 0 spiro atoms. The summed E-state index contributed by atoms with van der Waals surface area (Å²) >= 11 is 0. The molecule has 1 heterocycles. The molecule has 0 bridgehead atoms. The van der Waals surface area contributed by atoms with Crippen molar-refractivity contribution in [2.75, 3.05) is 19.8 Å². The summed E-state index contributed by atoms with van der Waals surface area (Å²) in [5, 5.41) is 2.78. The molecule has 1 N–H and O–H groups in total. The molecule has 3 amide bonds. The summed E-state index contributed by atoms with van der Waals surface area (Å²) in [5.74, 6) is 0.111. The van der Waals surface area contributed by atoms with E-state index >= 15 is 0 Å². The van der Waals surface area contributed by atoms with E-state index < -0.39 is 11.8 Å². The number of carbonyl (C=O) groups excluding carboxylic acids is 2. The minimum atomic E-state index is -0.825. The Morgan fingerprint density at radius 3 is 2.20 bits per heavy atom. The fraction of sp³-hybridized carbons (Fsp3) is 0.857. The predicted octanol–water partition coefficient (Wildman–Crippen LogP) is 1.74. The molecule has 0 aliphatic carbocycles. The molecule has 0 aromatic rings. The number of carbonyl (C=O) groups is 2. The van der Waals surface area contributed by atoms with E-state index in [9.17, 15) is 9.59 Å². The van der Waals surface area contributed by atoms with Gasteiger partial charge in [-0.15, -0.1) is 0 Å². The highest BCUT2D eigenvalue weighted by Gasteiger charge is 2.48. The number of hydrogen-bond donors (Lipinski definition) is 1. The molecule has 20 heavy (non-hydrogen) atoms. The second kappa shape index (κ2) is 7.04. The molecular formula is C14H26N2O4. The van der Waals surface area contributed by atoms with Crippen LogP contribution >= 0.6 is 0 Å². The zero-order valence-electron chi connectivity index (χ0n) is 13.1. The summed E-state index contributed by atoms with van der Waals surface area (Å²) < 4.78 is 10.8. The Labute approximate surface area is 120 Å². The van der Waals surface area contributed by atoms with Gasteiger partial charge in [0.05, 0.1) is 6.54 Å². The maximum atomic E-state index is 12.4. The lowest BCUT2D eigenvalue weighted by molar-refractivity contribution is -0.153. The van der Waals surface area contributed by atoms with Crippen LogP contribution < -0.4 is 5.32 Å². The van der Waals surface area contributed by atoms with E-state index in [0.29, 0.717) is 25.6 Å². The molecule has 1 fully saturated rings. The first-order valence-electron chi connectivity index (χ1n) is 7.21. The lowest BCUT2D eigenvalue weighted by atomic mass is 9.91. The van der Waals surface area contributed by atoms with Crippen LogP contribution in [0.15, 0.2) is 0 Å². The third kappa shape index (κ3) is 3.93. The van der Waals surface area contributed by atoms with E-state index in [-0.39, 0.29) is 18.5 Å². The Morgan fingerprint density at radius 2 is 1.75 bits per heavy atom. The molecule has 1 aliphatic rings. The highest BCUT2D eigenvalue weighted by atomic mass is 16.7. The number of amides is 3. The van der Waals surface area contributed by atoms with E-state index in [2.05, 4.69) is 5.32 Å². The highest BCUT2D eigenvalue weighted by molar-refractivity contribution is 6.06. The average molecular weight is 286 g/mol. The summed E-state index contributed by atoms with van der Waals surface area (Å²) in [5.41, 5.74) is -0.825. The lowest BCUT2D eigenvalue weighted by Gasteiger charge is -2.25. The van der Waals surface area contributed by atoms with Gasteiger partial charge >= 0.3 is 6.03 Å². The number of urea groups is 1. The van der Waals surface area contributed by atoms with E-state index in [1.54, 1.807) is 6.92 Å². The predicted molar refractivity (Wildman–Crippen MR) is 75.1 cm³/mol. The van der Waals surface area contributed by atoms with Crippen molar-refractivity contribution in [1.82, 2.24) is 10.2 Å². The first-order valence-corrected chi connectivity index (χ1v) is 7.21. The first kappa shape index (κ1) is 16.9. The smallest absolute Gasteiger partial charge is 0.325 e. The third-order valence-corrected chi connectivity index (χ3v) is 3.20. The fourth-order valence-electron chi connectivity index (χ4n) is 2.54. The molecular weight excluding hydrogens is 260 g/mol. The Morgan fingerprint density at radius 1 is 1.20 bits per heavy atom. The number of nitrogens with zero attached hydrogens (tertiary/aromatic N) is 1. The lowest BCUT2D eigenvalue weighted by Crippen LogP contribution is -2.45. The van der Waals surface area contributed by atoms with Crippen LogP contribution in [0.1, 0.15) is 41.0 Å². The molecule has 6 nitrogen and oxygen atoms in total. The highest BCUT2D eigenvalue weighted by Crippen LogP contribution is 2.25. The summed E-state index contributed by atoms with van der Waals surface area (Å²) in [6.45, 7) is 10.6. The van der Waals surface area contributed by atoms with Crippen molar-refractivity contribution in [3.8, 4) is 0 Å². The van der Waals surface area contributed by atoms with E-state index in [1.807, 2.05) is 27.7 Å². The maximum Gasteiger partial charge on any atom is 0.325 e.